The van der Waals surface area contributed by atoms with Crippen LogP contribution >= 0.6 is 0 Å². The van der Waals surface area contributed by atoms with Crippen molar-refractivity contribution in [2.75, 3.05) is 0 Å². The van der Waals surface area contributed by atoms with Gasteiger partial charge in [0.05, 0.1) is 5.52 Å². The third kappa shape index (κ3) is 7.02. The predicted molar refractivity (Wildman–Crippen MR) is 273 cm³/mol. The molecule has 0 fully saturated rings. The van der Waals surface area contributed by atoms with Gasteiger partial charge in [-0.15, -0.1) is 28.8 Å². The third-order valence-electron chi connectivity index (χ3n) is 15.4. The smallest absolute Gasteiger partial charge is 0.507 e. The molecule has 2 aromatic heterocycles. The van der Waals surface area contributed by atoms with Gasteiger partial charge in [0.1, 0.15) is 22.7 Å². The van der Waals surface area contributed by atoms with Crippen molar-refractivity contribution in [3.63, 3.8) is 0 Å². The van der Waals surface area contributed by atoms with Crippen LogP contribution in [0, 0.1) is 26.0 Å². The van der Waals surface area contributed by atoms with Crippen molar-refractivity contribution in [2.24, 2.45) is 4.99 Å². The van der Waals surface area contributed by atoms with Crippen molar-refractivity contribution >= 4 is 27.8 Å². The van der Waals surface area contributed by atoms with Gasteiger partial charge in [-0.25, -0.2) is 4.98 Å². The molecule has 3 aliphatic rings. The summed E-state index contributed by atoms with van der Waals surface area (Å²) >= 11 is 0. The Labute approximate surface area is 414 Å². The number of nitrogens with zero attached hydrogens (tertiary/aromatic N) is 3. The molecule has 0 amide bonds. The van der Waals surface area contributed by atoms with Crippen LogP contribution in [0.2, 0.25) is 0 Å². The maximum atomic E-state index is 7.32. The van der Waals surface area contributed by atoms with Gasteiger partial charge in [-0.2, -0.15) is 6.07 Å². The summed E-state index contributed by atoms with van der Waals surface area (Å²) in [6, 6.07) is 35.1. The van der Waals surface area contributed by atoms with E-state index in [-0.39, 0.29) is 48.1 Å². The zero-order valence-electron chi connectivity index (χ0n) is 43.0. The fraction of sp³-hybridized carbons (Fsp3) is 0.410. The van der Waals surface area contributed by atoms with Crippen molar-refractivity contribution in [1.82, 2.24) is 9.55 Å². The SMILES string of the molecule is Cc1cc2c([c-]c1Oc1[c-]c(C3=N[C@]4(C)c5ccc(C(C)(C)C)cc5-c5cc(C(C)(C)C)ccc5[C@]4(C)O3)cc(C(C)(C)C)c1)-n1c3nccc(C)c3c3cc(C(C)(C)C)cc(c31)C2(C)C.[Pt+2]. The molecule has 67 heavy (non-hydrogen) atoms. The number of hydrogen-bond acceptors (Lipinski definition) is 4. The molecule has 348 valence electrons. The molecule has 0 radical (unpaired) electrons. The maximum Gasteiger partial charge on any atom is 2.00 e. The zero-order chi connectivity index (χ0) is 47.6. The molecule has 2 aliphatic heterocycles. The minimum absolute atomic E-state index is 0. The molecule has 0 bridgehead atoms. The van der Waals surface area contributed by atoms with Crippen molar-refractivity contribution in [2.45, 2.75) is 163 Å². The molecule has 5 nitrogen and oxygen atoms in total. The average molecular weight is 1070 g/mol. The van der Waals surface area contributed by atoms with Gasteiger partial charge in [0.2, 0.25) is 0 Å². The average Bonchev–Trinajstić information content (AvgIpc) is 3.71. The number of aromatic nitrogens is 2. The standard InChI is InChI=1S/C61H67N3O2.Pt/c1-34-23-24-62-53-51(34)44-31-40(58(12,13)14)32-48-52(44)64(53)49-33-50(35(2)25-47(49)59(48,15)16)65-41-27-36(26-39(28-41)57(9,10)11)54-63-60(17)45-21-19-37(55(3,4)5)29-42(45)43-30-38(56(6,7)8)20-22-46(43)61(60,18)66-54;/h19-26,28-32H,1-18H3;/q-2;+2/t60-,61+;/m1./s1. The Hall–Kier alpha value is -4.99. The van der Waals surface area contributed by atoms with E-state index < -0.39 is 11.1 Å². The molecule has 1 aliphatic carbocycles. The van der Waals surface area contributed by atoms with Crippen molar-refractivity contribution in [3.8, 4) is 28.3 Å². The molecule has 10 rings (SSSR count). The first-order valence-corrected chi connectivity index (χ1v) is 23.9. The summed E-state index contributed by atoms with van der Waals surface area (Å²) in [5, 5.41) is 2.42. The van der Waals surface area contributed by atoms with Crippen molar-refractivity contribution < 1.29 is 30.5 Å². The fourth-order valence-electron chi connectivity index (χ4n) is 10.8. The number of aliphatic imine (C=N–C) groups is 1. The first-order chi connectivity index (χ1) is 30.5. The van der Waals surface area contributed by atoms with Gasteiger partial charge in [-0.05, 0) is 104 Å². The first-order valence-electron chi connectivity index (χ1n) is 23.9. The van der Waals surface area contributed by atoms with E-state index in [9.17, 15) is 0 Å². The van der Waals surface area contributed by atoms with E-state index in [0.717, 1.165) is 33.6 Å². The van der Waals surface area contributed by atoms with Crippen LogP contribution in [0.3, 0.4) is 0 Å². The van der Waals surface area contributed by atoms with Crippen LogP contribution in [-0.2, 0) is 64.0 Å². The fourth-order valence-corrected chi connectivity index (χ4v) is 10.8. The molecule has 0 saturated heterocycles. The Morgan fingerprint density at radius 3 is 1.79 bits per heavy atom. The molecule has 5 aromatic carbocycles. The summed E-state index contributed by atoms with van der Waals surface area (Å²) in [5.74, 6) is 1.82. The van der Waals surface area contributed by atoms with Gasteiger partial charge in [0, 0.05) is 34.0 Å². The molecule has 2 atom stereocenters. The summed E-state index contributed by atoms with van der Waals surface area (Å²) in [6.45, 7) is 40.8. The number of hydrogen-bond donors (Lipinski definition) is 0. The van der Waals surface area contributed by atoms with Gasteiger partial charge in [-0.3, -0.25) is 4.99 Å². The number of pyridine rings is 1. The Kier molecular flexibility index (Phi) is 10.4. The minimum Gasteiger partial charge on any atom is -0.507 e. The van der Waals surface area contributed by atoms with Crippen LogP contribution in [0.4, 0.5) is 0 Å². The Morgan fingerprint density at radius 1 is 0.597 bits per heavy atom. The summed E-state index contributed by atoms with van der Waals surface area (Å²) in [5.41, 5.74) is 16.3. The summed E-state index contributed by atoms with van der Waals surface area (Å²) in [4.78, 5) is 10.7. The second-order valence-corrected chi connectivity index (χ2v) is 24.6. The van der Waals surface area contributed by atoms with Crippen LogP contribution in [0.15, 0.2) is 84.0 Å². The van der Waals surface area contributed by atoms with E-state index in [1.807, 2.05) is 6.20 Å². The molecular formula is C61H67N3O2Pt. The van der Waals surface area contributed by atoms with Crippen LogP contribution in [0.5, 0.6) is 11.5 Å². The van der Waals surface area contributed by atoms with Crippen LogP contribution in [-0.4, -0.2) is 15.4 Å². The zero-order valence-corrected chi connectivity index (χ0v) is 45.3. The molecule has 4 heterocycles. The van der Waals surface area contributed by atoms with Gasteiger partial charge in [0.15, 0.2) is 0 Å². The van der Waals surface area contributed by atoms with Crippen LogP contribution in [0.1, 0.15) is 172 Å². The number of rotatable bonds is 3. The molecule has 0 spiro atoms. The van der Waals surface area contributed by atoms with E-state index in [0.29, 0.717) is 17.4 Å². The second kappa shape index (κ2) is 14.8. The van der Waals surface area contributed by atoms with Crippen molar-refractivity contribution in [1.29, 1.82) is 0 Å². The predicted octanol–water partition coefficient (Wildman–Crippen LogP) is 15.6. The topological polar surface area (TPSA) is 48.6 Å². The van der Waals surface area contributed by atoms with Crippen LogP contribution in [0.25, 0.3) is 38.8 Å². The molecule has 7 aromatic rings. The molecule has 6 heteroatoms. The maximum absolute atomic E-state index is 7.32. The summed E-state index contributed by atoms with van der Waals surface area (Å²) in [6.07, 6.45) is 1.93. The summed E-state index contributed by atoms with van der Waals surface area (Å²) in [7, 11) is 0. The van der Waals surface area contributed by atoms with Gasteiger partial charge in [-0.1, -0.05) is 170 Å². The Balaban J connectivity index is 0.00000562. The first kappa shape index (κ1) is 47.1. The normalized spacial score (nSPS) is 19.5. The van der Waals surface area contributed by atoms with E-state index in [2.05, 4.69) is 214 Å². The Bertz CT molecular complexity index is 3270. The monoisotopic (exact) mass is 1070 g/mol. The number of ether oxygens (including phenoxy) is 2. The van der Waals surface area contributed by atoms with E-state index >= 15 is 0 Å². The van der Waals surface area contributed by atoms with E-state index in [1.54, 1.807) is 0 Å². The van der Waals surface area contributed by atoms with Gasteiger partial charge < -0.3 is 14.0 Å². The number of fused-ring (bicyclic) bond motifs is 11. The largest absolute Gasteiger partial charge is 2.00 e. The van der Waals surface area contributed by atoms with Crippen LogP contribution < -0.4 is 4.74 Å². The quantitative estimate of drug-likeness (QED) is 0.166. The third-order valence-corrected chi connectivity index (χ3v) is 15.4. The van der Waals surface area contributed by atoms with Gasteiger partial charge in [0.25, 0.3) is 0 Å². The molecule has 0 unspecified atom stereocenters. The number of benzene rings is 5. The molecule has 0 saturated carbocycles. The van der Waals surface area contributed by atoms with Crippen molar-refractivity contribution in [3.05, 3.63) is 152 Å². The van der Waals surface area contributed by atoms with E-state index in [1.165, 1.54) is 66.4 Å². The summed E-state index contributed by atoms with van der Waals surface area (Å²) < 4.78 is 16.7. The molecule has 0 N–H and O–H groups in total. The Morgan fingerprint density at radius 2 is 1.18 bits per heavy atom. The number of aryl methyl sites for hydroxylation is 2. The second-order valence-electron chi connectivity index (χ2n) is 24.6. The molecular weight excluding hydrogens is 1000 g/mol. The van der Waals surface area contributed by atoms with Gasteiger partial charge >= 0.3 is 21.1 Å². The minimum atomic E-state index is -0.784. The van der Waals surface area contributed by atoms with E-state index in [4.69, 9.17) is 19.5 Å².